The first kappa shape index (κ1) is 38.2. The number of nitrogens with two attached hydrogens (primary N) is 1. The Morgan fingerprint density at radius 3 is 2.27 bits per heavy atom. The maximum absolute atomic E-state index is 13.9. The lowest BCUT2D eigenvalue weighted by atomic mass is 9.43. The van der Waals surface area contributed by atoms with Crippen LogP contribution >= 0.6 is 0 Å². The van der Waals surface area contributed by atoms with Crippen molar-refractivity contribution in [1.82, 2.24) is 9.80 Å². The van der Waals surface area contributed by atoms with Crippen LogP contribution in [0.25, 0.3) is 0 Å². The summed E-state index contributed by atoms with van der Waals surface area (Å²) in [6.45, 7) is 17.5. The smallest absolute Gasteiger partial charge is 0.486 e. The molecule has 1 aromatic rings. The van der Waals surface area contributed by atoms with Crippen molar-refractivity contribution < 1.29 is 52.5 Å². The van der Waals surface area contributed by atoms with Crippen LogP contribution in [0.2, 0.25) is 6.32 Å². The Hall–Kier alpha value is -3.56. The van der Waals surface area contributed by atoms with E-state index in [1.54, 1.807) is 53.7 Å². The van der Waals surface area contributed by atoms with Gasteiger partial charge in [-0.2, -0.15) is 0 Å². The van der Waals surface area contributed by atoms with Gasteiger partial charge in [-0.05, 0) is 109 Å². The summed E-state index contributed by atoms with van der Waals surface area (Å²) < 4.78 is 36.5. The minimum absolute atomic E-state index is 0.00591. The van der Waals surface area contributed by atoms with Gasteiger partial charge in [-0.3, -0.25) is 9.69 Å². The van der Waals surface area contributed by atoms with E-state index in [0.717, 1.165) is 17.7 Å². The first-order chi connectivity index (χ1) is 24.1. The fourth-order valence-corrected chi connectivity index (χ4v) is 8.64. The van der Waals surface area contributed by atoms with Crippen LogP contribution in [-0.2, 0) is 30.0 Å². The number of carbonyl (C=O) groups is 4. The number of carbonyl (C=O) groups excluding carboxylic acids is 3. The van der Waals surface area contributed by atoms with Gasteiger partial charge in [0.1, 0.15) is 34.7 Å². The van der Waals surface area contributed by atoms with Gasteiger partial charge in [0.15, 0.2) is 5.75 Å². The molecule has 3 heterocycles. The monoisotopic (exact) mass is 727 g/mol. The number of rotatable bonds is 8. The molecule has 0 unspecified atom stereocenters. The lowest BCUT2D eigenvalue weighted by molar-refractivity contribution is -0.199. The summed E-state index contributed by atoms with van der Waals surface area (Å²) in [4.78, 5) is 54.6. The number of hydrogen-bond acceptors (Lipinski definition) is 11. The molecule has 2 amide bonds. The molecule has 2 bridgehead atoms. The molecule has 286 valence electrons. The molecule has 0 aromatic heterocycles. The fourth-order valence-electron chi connectivity index (χ4n) is 8.64. The van der Waals surface area contributed by atoms with Crippen molar-refractivity contribution in [2.24, 2.45) is 23.0 Å². The standard InChI is InChI=1S/C37H54BN3O11/c1-34(2,3)49-31(43)28-25(47-23-18-40(19-23)30(42)24-16-22(39)17-41(24)32(44)45)11-10-20(29(28)48-33(46)50-35(4,5)6)12-13-38-51-27-15-21-14-26(36(21,7)8)37(27,9)52-38/h10-11,21-24,26-27H,12-19,39H2,1-9H3,(H,44,45)/t21-,22+,24-,26-,27+,37-/m0/s1. The molecule has 15 heteroatoms. The molecule has 0 spiro atoms. The van der Waals surface area contributed by atoms with E-state index in [1.807, 2.05) is 0 Å². The van der Waals surface area contributed by atoms with Crippen LogP contribution in [-0.4, -0.2) is 107 Å². The van der Waals surface area contributed by atoms with Gasteiger partial charge in [-0.1, -0.05) is 19.9 Å². The number of benzene rings is 1. The molecule has 6 aliphatic rings. The minimum Gasteiger partial charge on any atom is -0.486 e. The number of likely N-dealkylation sites (tertiary alicyclic amines) is 2. The number of amides is 2. The summed E-state index contributed by atoms with van der Waals surface area (Å²) in [5.41, 5.74) is 4.47. The van der Waals surface area contributed by atoms with Gasteiger partial charge >= 0.3 is 25.3 Å². The van der Waals surface area contributed by atoms with Gasteiger partial charge in [-0.25, -0.2) is 14.4 Å². The van der Waals surface area contributed by atoms with Gasteiger partial charge in [-0.15, -0.1) is 0 Å². The van der Waals surface area contributed by atoms with Crippen LogP contribution in [0.4, 0.5) is 9.59 Å². The molecule has 3 N–H and O–H groups in total. The molecule has 3 saturated carbocycles. The van der Waals surface area contributed by atoms with E-state index >= 15 is 0 Å². The van der Waals surface area contributed by atoms with Crippen molar-refractivity contribution in [2.75, 3.05) is 19.6 Å². The largest absolute Gasteiger partial charge is 0.514 e. The third-order valence-electron chi connectivity index (χ3n) is 11.3. The predicted octanol–water partition coefficient (Wildman–Crippen LogP) is 4.90. The highest BCUT2D eigenvalue weighted by Gasteiger charge is 2.67. The van der Waals surface area contributed by atoms with Crippen LogP contribution in [0.15, 0.2) is 12.1 Å². The molecule has 3 saturated heterocycles. The van der Waals surface area contributed by atoms with E-state index in [9.17, 15) is 24.3 Å². The zero-order valence-electron chi connectivity index (χ0n) is 31.9. The highest BCUT2D eigenvalue weighted by atomic mass is 16.7. The summed E-state index contributed by atoms with van der Waals surface area (Å²) >= 11 is 0. The zero-order valence-corrected chi connectivity index (χ0v) is 31.9. The Kier molecular flexibility index (Phi) is 9.83. The van der Waals surface area contributed by atoms with Crippen LogP contribution in [0, 0.1) is 17.3 Å². The molecule has 14 nitrogen and oxygen atoms in total. The molecule has 3 aliphatic heterocycles. The Balaban J connectivity index is 1.24. The quantitative estimate of drug-likeness (QED) is 0.211. The van der Waals surface area contributed by atoms with Crippen molar-refractivity contribution in [3.8, 4) is 11.5 Å². The number of carboxylic acid groups (broad SMARTS) is 1. The Bertz CT molecular complexity index is 1600. The molecular formula is C37H54BN3O11. The number of esters is 1. The summed E-state index contributed by atoms with van der Waals surface area (Å²) in [6.07, 6.45) is 0.390. The number of aryl methyl sites for hydroxylation is 1. The van der Waals surface area contributed by atoms with Crippen molar-refractivity contribution in [1.29, 1.82) is 0 Å². The van der Waals surface area contributed by atoms with E-state index in [4.69, 9.17) is 34.0 Å². The van der Waals surface area contributed by atoms with Gasteiger partial charge in [0, 0.05) is 12.6 Å². The molecule has 7 rings (SSSR count). The van der Waals surface area contributed by atoms with Gasteiger partial charge in [0.2, 0.25) is 5.91 Å². The molecule has 6 fully saturated rings. The zero-order chi connectivity index (χ0) is 38.1. The molecule has 3 aliphatic carbocycles. The number of ether oxygens (including phenoxy) is 4. The first-order valence-corrected chi connectivity index (χ1v) is 18.4. The van der Waals surface area contributed by atoms with Gasteiger partial charge in [0.05, 0.1) is 24.8 Å². The second kappa shape index (κ2) is 13.4. The average Bonchev–Trinajstić information content (AvgIpc) is 3.55. The normalized spacial score (nSPS) is 29.5. The van der Waals surface area contributed by atoms with Crippen LogP contribution in [0.5, 0.6) is 11.5 Å². The van der Waals surface area contributed by atoms with Gasteiger partial charge in [0.25, 0.3) is 0 Å². The lowest BCUT2D eigenvalue weighted by Crippen LogP contribution is -2.65. The fraction of sp³-hybridized carbons (Fsp3) is 0.730. The third kappa shape index (κ3) is 7.45. The minimum atomic E-state index is -1.20. The lowest BCUT2D eigenvalue weighted by Gasteiger charge is -2.64. The molecular weight excluding hydrogens is 673 g/mol. The summed E-state index contributed by atoms with van der Waals surface area (Å²) in [5, 5.41) is 9.57. The number of nitrogens with zero attached hydrogens (tertiary/aromatic N) is 2. The second-order valence-corrected chi connectivity index (χ2v) is 17.9. The maximum atomic E-state index is 13.9. The van der Waals surface area contributed by atoms with Crippen molar-refractivity contribution in [3.63, 3.8) is 0 Å². The van der Waals surface area contributed by atoms with E-state index in [0.29, 0.717) is 30.1 Å². The third-order valence-corrected chi connectivity index (χ3v) is 11.3. The average molecular weight is 728 g/mol. The first-order valence-electron chi connectivity index (χ1n) is 18.4. The molecule has 6 atom stereocenters. The van der Waals surface area contributed by atoms with Crippen molar-refractivity contribution in [2.45, 2.75) is 135 Å². The van der Waals surface area contributed by atoms with E-state index in [2.05, 4.69) is 20.8 Å². The highest BCUT2D eigenvalue weighted by molar-refractivity contribution is 6.45. The SMILES string of the molecule is CC(C)(C)OC(=O)Oc1c(CCB2O[C@@H]3C[C@@H]4C[C@@H](C4(C)C)[C@]3(C)O2)ccc(OC2CN(C(=O)[C@@H]3C[C@@H](N)CN3C(=O)O)C2)c1C(=O)OC(C)(C)C. The topological polar surface area (TPSA) is 176 Å². The maximum Gasteiger partial charge on any atom is 0.514 e. The summed E-state index contributed by atoms with van der Waals surface area (Å²) in [6, 6.07) is 2.08. The highest BCUT2D eigenvalue weighted by Crippen LogP contribution is 2.65. The van der Waals surface area contributed by atoms with E-state index in [-0.39, 0.29) is 66.1 Å². The van der Waals surface area contributed by atoms with Crippen LogP contribution in [0.1, 0.15) is 97.5 Å². The van der Waals surface area contributed by atoms with Crippen LogP contribution in [0.3, 0.4) is 0 Å². The second-order valence-electron chi connectivity index (χ2n) is 17.9. The Morgan fingerprint density at radius 2 is 1.65 bits per heavy atom. The predicted molar refractivity (Wildman–Crippen MR) is 189 cm³/mol. The van der Waals surface area contributed by atoms with Crippen LogP contribution < -0.4 is 15.2 Å². The van der Waals surface area contributed by atoms with Crippen molar-refractivity contribution in [3.05, 3.63) is 23.3 Å². The van der Waals surface area contributed by atoms with Crippen molar-refractivity contribution >= 4 is 31.2 Å². The molecule has 52 heavy (non-hydrogen) atoms. The summed E-state index contributed by atoms with van der Waals surface area (Å²) in [7, 11) is -0.481. The van der Waals surface area contributed by atoms with E-state index in [1.165, 1.54) is 4.90 Å². The Labute approximate surface area is 306 Å². The van der Waals surface area contributed by atoms with Gasteiger partial charge < -0.3 is 44.0 Å². The molecule has 1 aromatic carbocycles. The summed E-state index contributed by atoms with van der Waals surface area (Å²) in [5.74, 6) is -0.0386. The number of hydrogen-bond donors (Lipinski definition) is 2. The Morgan fingerprint density at radius 1 is 0.981 bits per heavy atom. The van der Waals surface area contributed by atoms with E-state index < -0.39 is 54.7 Å². The molecule has 0 radical (unpaired) electrons.